The SMILES string of the molecule is CCC(N)c1cscc1C(F)(F)F. The second kappa shape index (κ2) is 3.67. The number of hydrogen-bond donors (Lipinski definition) is 1. The van der Waals surface area contributed by atoms with Crippen LogP contribution in [0.15, 0.2) is 10.8 Å². The molecule has 0 spiro atoms. The zero-order valence-electron chi connectivity index (χ0n) is 7.06. The molecule has 0 bridgehead atoms. The molecule has 5 heteroatoms. The molecule has 1 nitrogen and oxygen atoms in total. The molecule has 1 aromatic heterocycles. The van der Waals surface area contributed by atoms with E-state index in [1.54, 1.807) is 6.92 Å². The summed E-state index contributed by atoms with van der Waals surface area (Å²) in [6.45, 7) is 1.77. The van der Waals surface area contributed by atoms with Crippen molar-refractivity contribution < 1.29 is 13.2 Å². The van der Waals surface area contributed by atoms with E-state index < -0.39 is 17.8 Å². The molecule has 1 aromatic rings. The van der Waals surface area contributed by atoms with Gasteiger partial charge in [0.2, 0.25) is 0 Å². The highest BCUT2D eigenvalue weighted by atomic mass is 32.1. The number of thiophene rings is 1. The first-order valence-electron chi connectivity index (χ1n) is 3.85. The Morgan fingerprint density at radius 1 is 1.46 bits per heavy atom. The molecule has 0 aliphatic rings. The van der Waals surface area contributed by atoms with Gasteiger partial charge in [0.15, 0.2) is 0 Å². The van der Waals surface area contributed by atoms with Crippen molar-refractivity contribution >= 4 is 11.3 Å². The van der Waals surface area contributed by atoms with Gasteiger partial charge in [-0.05, 0) is 17.4 Å². The summed E-state index contributed by atoms with van der Waals surface area (Å²) in [7, 11) is 0. The molecule has 0 radical (unpaired) electrons. The molecular weight excluding hydrogens is 199 g/mol. The lowest BCUT2D eigenvalue weighted by atomic mass is 10.0. The summed E-state index contributed by atoms with van der Waals surface area (Å²) < 4.78 is 37.0. The zero-order chi connectivity index (χ0) is 10.1. The first kappa shape index (κ1) is 10.5. The standard InChI is InChI=1S/C8H10F3NS/c1-2-7(12)5-3-13-4-6(5)8(9,10)11/h3-4,7H,2,12H2,1H3. The van der Waals surface area contributed by atoms with Crippen LogP contribution in [-0.4, -0.2) is 0 Å². The smallest absolute Gasteiger partial charge is 0.324 e. The molecule has 1 rings (SSSR count). The summed E-state index contributed by atoms with van der Waals surface area (Å²) in [6.07, 6.45) is -3.76. The third kappa shape index (κ3) is 2.22. The van der Waals surface area contributed by atoms with E-state index in [2.05, 4.69) is 0 Å². The Morgan fingerprint density at radius 3 is 2.54 bits per heavy atom. The van der Waals surface area contributed by atoms with Crippen LogP contribution in [0.25, 0.3) is 0 Å². The minimum absolute atomic E-state index is 0.208. The second-order valence-corrected chi connectivity index (χ2v) is 3.50. The van der Waals surface area contributed by atoms with Crippen molar-refractivity contribution in [2.75, 3.05) is 0 Å². The second-order valence-electron chi connectivity index (χ2n) is 2.75. The fourth-order valence-electron chi connectivity index (χ4n) is 1.04. The van der Waals surface area contributed by atoms with Gasteiger partial charge in [-0.25, -0.2) is 0 Å². The van der Waals surface area contributed by atoms with E-state index in [1.165, 1.54) is 5.38 Å². The Morgan fingerprint density at radius 2 is 2.08 bits per heavy atom. The average Bonchev–Trinajstić information content (AvgIpc) is 2.49. The van der Waals surface area contributed by atoms with Gasteiger partial charge in [0.1, 0.15) is 0 Å². The maximum atomic E-state index is 12.3. The molecule has 1 atom stereocenters. The van der Waals surface area contributed by atoms with Crippen molar-refractivity contribution in [3.63, 3.8) is 0 Å². The third-order valence-corrected chi connectivity index (χ3v) is 2.60. The van der Waals surface area contributed by atoms with Gasteiger partial charge in [-0.2, -0.15) is 24.5 Å². The molecule has 0 aromatic carbocycles. The highest BCUT2D eigenvalue weighted by Gasteiger charge is 2.34. The molecule has 0 saturated carbocycles. The van der Waals surface area contributed by atoms with E-state index in [9.17, 15) is 13.2 Å². The number of halogens is 3. The molecule has 1 heterocycles. The molecule has 2 N–H and O–H groups in total. The Bertz CT molecular complexity index is 279. The third-order valence-electron chi connectivity index (χ3n) is 1.84. The van der Waals surface area contributed by atoms with Crippen LogP contribution in [-0.2, 0) is 6.18 Å². The molecule has 74 valence electrons. The van der Waals surface area contributed by atoms with Gasteiger partial charge in [-0.3, -0.25) is 0 Å². The van der Waals surface area contributed by atoms with E-state index in [-0.39, 0.29) is 5.56 Å². The van der Waals surface area contributed by atoms with Crippen molar-refractivity contribution in [2.24, 2.45) is 5.73 Å². The van der Waals surface area contributed by atoms with Gasteiger partial charge in [0.05, 0.1) is 5.56 Å². The number of rotatable bonds is 2. The minimum Gasteiger partial charge on any atom is -0.324 e. The van der Waals surface area contributed by atoms with Crippen LogP contribution in [0.4, 0.5) is 13.2 Å². The van der Waals surface area contributed by atoms with E-state index >= 15 is 0 Å². The van der Waals surface area contributed by atoms with Crippen molar-refractivity contribution in [3.8, 4) is 0 Å². The van der Waals surface area contributed by atoms with Crippen LogP contribution < -0.4 is 5.73 Å². The molecule has 0 aliphatic carbocycles. The molecule has 0 amide bonds. The van der Waals surface area contributed by atoms with Crippen molar-refractivity contribution in [1.29, 1.82) is 0 Å². The predicted octanol–water partition coefficient (Wildman–Crippen LogP) is 3.18. The maximum Gasteiger partial charge on any atom is 0.417 e. The van der Waals surface area contributed by atoms with Crippen molar-refractivity contribution in [2.45, 2.75) is 25.6 Å². The predicted molar refractivity (Wildman–Crippen MR) is 46.5 cm³/mol. The van der Waals surface area contributed by atoms with E-state index in [4.69, 9.17) is 5.73 Å². The highest BCUT2D eigenvalue weighted by Crippen LogP contribution is 2.36. The lowest BCUT2D eigenvalue weighted by Gasteiger charge is -2.12. The van der Waals surface area contributed by atoms with Gasteiger partial charge < -0.3 is 5.73 Å². The molecule has 0 fully saturated rings. The lowest BCUT2D eigenvalue weighted by Crippen LogP contribution is -2.14. The van der Waals surface area contributed by atoms with Crippen LogP contribution in [0, 0.1) is 0 Å². The minimum atomic E-state index is -4.28. The Balaban J connectivity index is 3.03. The maximum absolute atomic E-state index is 12.3. The van der Waals surface area contributed by atoms with Crippen LogP contribution in [0.3, 0.4) is 0 Å². The first-order chi connectivity index (χ1) is 5.96. The summed E-state index contributed by atoms with van der Waals surface area (Å²) in [5.41, 5.74) is 5.16. The van der Waals surface area contributed by atoms with Gasteiger partial charge in [0.25, 0.3) is 0 Å². The summed E-state index contributed by atoms with van der Waals surface area (Å²) in [6, 6.07) is -0.511. The Hall–Kier alpha value is -0.550. The summed E-state index contributed by atoms with van der Waals surface area (Å²) in [4.78, 5) is 0. The topological polar surface area (TPSA) is 26.0 Å². The Labute approximate surface area is 78.4 Å². The summed E-state index contributed by atoms with van der Waals surface area (Å²) >= 11 is 1.04. The molecule has 1 unspecified atom stereocenters. The van der Waals surface area contributed by atoms with Gasteiger partial charge in [0, 0.05) is 11.4 Å². The van der Waals surface area contributed by atoms with Gasteiger partial charge in [-0.15, -0.1) is 0 Å². The van der Waals surface area contributed by atoms with Crippen molar-refractivity contribution in [1.82, 2.24) is 0 Å². The summed E-state index contributed by atoms with van der Waals surface area (Å²) in [5.74, 6) is 0. The quantitative estimate of drug-likeness (QED) is 0.795. The van der Waals surface area contributed by atoms with E-state index in [0.29, 0.717) is 6.42 Å². The fraction of sp³-hybridized carbons (Fsp3) is 0.500. The number of nitrogens with two attached hydrogens (primary N) is 1. The van der Waals surface area contributed by atoms with Gasteiger partial charge in [-0.1, -0.05) is 6.92 Å². The molecular formula is C8H10F3NS. The largest absolute Gasteiger partial charge is 0.417 e. The number of hydrogen-bond acceptors (Lipinski definition) is 2. The van der Waals surface area contributed by atoms with E-state index in [1.807, 2.05) is 0 Å². The first-order valence-corrected chi connectivity index (χ1v) is 4.80. The molecule has 0 saturated heterocycles. The normalized spacial score (nSPS) is 14.5. The lowest BCUT2D eigenvalue weighted by molar-refractivity contribution is -0.138. The van der Waals surface area contributed by atoms with Crippen LogP contribution in [0.5, 0.6) is 0 Å². The van der Waals surface area contributed by atoms with Crippen LogP contribution in [0.2, 0.25) is 0 Å². The van der Waals surface area contributed by atoms with Gasteiger partial charge >= 0.3 is 6.18 Å². The fourth-order valence-corrected chi connectivity index (χ4v) is 1.97. The van der Waals surface area contributed by atoms with Crippen LogP contribution in [0.1, 0.15) is 30.5 Å². The highest BCUT2D eigenvalue weighted by molar-refractivity contribution is 7.08. The zero-order valence-corrected chi connectivity index (χ0v) is 7.88. The monoisotopic (exact) mass is 209 g/mol. The Kier molecular flexibility index (Phi) is 2.98. The van der Waals surface area contributed by atoms with Crippen molar-refractivity contribution in [3.05, 3.63) is 21.9 Å². The molecule has 13 heavy (non-hydrogen) atoms. The van der Waals surface area contributed by atoms with E-state index in [0.717, 1.165) is 16.7 Å². The number of alkyl halides is 3. The summed E-state index contributed by atoms with van der Waals surface area (Å²) in [5, 5.41) is 2.57. The molecule has 0 aliphatic heterocycles. The average molecular weight is 209 g/mol. The van der Waals surface area contributed by atoms with Crippen LogP contribution >= 0.6 is 11.3 Å².